The maximum atomic E-state index is 5.62. The van der Waals surface area contributed by atoms with Gasteiger partial charge in [-0.25, -0.2) is 0 Å². The third-order valence-electron chi connectivity index (χ3n) is 3.97. The van der Waals surface area contributed by atoms with Crippen molar-refractivity contribution in [2.45, 2.75) is 19.3 Å². The highest BCUT2D eigenvalue weighted by Gasteiger charge is 2.13. The Balaban J connectivity index is 1.86. The molecule has 3 aromatic rings. The van der Waals surface area contributed by atoms with Gasteiger partial charge in [0.15, 0.2) is 0 Å². The van der Waals surface area contributed by atoms with Gasteiger partial charge in [-0.2, -0.15) is 4.98 Å². The second kappa shape index (κ2) is 8.92. The van der Waals surface area contributed by atoms with Crippen LogP contribution < -0.4 is 10.5 Å². The molecule has 0 amide bonds. The molecule has 134 valence electrons. The van der Waals surface area contributed by atoms with Gasteiger partial charge in [0.2, 0.25) is 5.82 Å². The Morgan fingerprint density at radius 3 is 2.73 bits per heavy atom. The van der Waals surface area contributed by atoms with Crippen LogP contribution in [-0.2, 0) is 0 Å². The number of hydrogen-bond acceptors (Lipinski definition) is 6. The maximum Gasteiger partial charge on any atom is 0.254 e. The highest BCUT2D eigenvalue weighted by Crippen LogP contribution is 2.26. The van der Waals surface area contributed by atoms with Gasteiger partial charge < -0.3 is 15.0 Å². The fraction of sp³-hybridized carbons (Fsp3) is 0.250. The molecule has 0 unspecified atom stereocenters. The summed E-state index contributed by atoms with van der Waals surface area (Å²) in [5, 5.41) is 4.12. The van der Waals surface area contributed by atoms with E-state index in [1.807, 2.05) is 48.7 Å². The highest BCUT2D eigenvalue weighted by atomic mass is 16.5. The zero-order valence-corrected chi connectivity index (χ0v) is 14.8. The van der Waals surface area contributed by atoms with Gasteiger partial charge in [-0.1, -0.05) is 11.2 Å². The molecule has 6 heteroatoms. The third-order valence-corrected chi connectivity index (χ3v) is 3.97. The highest BCUT2D eigenvalue weighted by molar-refractivity contribution is 5.78. The lowest BCUT2D eigenvalue weighted by molar-refractivity contribution is 0.406. The van der Waals surface area contributed by atoms with Crippen LogP contribution in [0, 0.1) is 0 Å². The first kappa shape index (κ1) is 17.8. The number of hydrogen-bond donors (Lipinski definition) is 1. The maximum absolute atomic E-state index is 5.62. The Labute approximate surface area is 152 Å². The van der Waals surface area contributed by atoms with Crippen molar-refractivity contribution in [2.75, 3.05) is 13.7 Å². The number of benzene rings is 1. The zero-order chi connectivity index (χ0) is 18.2. The van der Waals surface area contributed by atoms with Crippen LogP contribution in [0.25, 0.3) is 23.0 Å². The van der Waals surface area contributed by atoms with E-state index >= 15 is 0 Å². The quantitative estimate of drug-likeness (QED) is 0.622. The van der Waals surface area contributed by atoms with E-state index in [1.165, 1.54) is 0 Å². The van der Waals surface area contributed by atoms with Crippen LogP contribution in [0.1, 0.15) is 30.7 Å². The molecular weight excluding hydrogens is 328 g/mol. The Kier molecular flexibility index (Phi) is 6.11. The van der Waals surface area contributed by atoms with Crippen molar-refractivity contribution in [3.8, 4) is 17.1 Å². The monoisotopic (exact) mass is 350 g/mol. The lowest BCUT2D eigenvalue weighted by Crippen LogP contribution is -1.98. The number of allylic oxidation sites excluding steroid dienone is 1. The van der Waals surface area contributed by atoms with Crippen molar-refractivity contribution < 1.29 is 9.26 Å². The number of unbranched alkanes of at least 4 members (excludes halogenated alkanes) is 1. The normalized spacial score (nSPS) is 11.5. The van der Waals surface area contributed by atoms with Gasteiger partial charge in [0, 0.05) is 23.5 Å². The Bertz CT molecular complexity index is 842. The first-order valence-corrected chi connectivity index (χ1v) is 8.59. The second-order valence-electron chi connectivity index (χ2n) is 5.85. The third kappa shape index (κ3) is 4.55. The molecule has 6 nitrogen and oxygen atoms in total. The van der Waals surface area contributed by atoms with Crippen molar-refractivity contribution in [2.24, 2.45) is 5.73 Å². The van der Waals surface area contributed by atoms with Gasteiger partial charge in [0.05, 0.1) is 7.11 Å². The fourth-order valence-electron chi connectivity index (χ4n) is 2.57. The molecular formula is C20H22N4O2. The second-order valence-corrected chi connectivity index (χ2v) is 5.85. The van der Waals surface area contributed by atoms with Crippen molar-refractivity contribution in [3.05, 3.63) is 60.2 Å². The van der Waals surface area contributed by atoms with Crippen molar-refractivity contribution in [3.63, 3.8) is 0 Å². The van der Waals surface area contributed by atoms with Gasteiger partial charge in [-0.05, 0) is 67.8 Å². The minimum absolute atomic E-state index is 0.525. The van der Waals surface area contributed by atoms with E-state index in [4.69, 9.17) is 15.0 Å². The summed E-state index contributed by atoms with van der Waals surface area (Å²) in [6, 6.07) is 11.5. The number of aromatic nitrogens is 3. The largest absolute Gasteiger partial charge is 0.497 e. The summed E-state index contributed by atoms with van der Waals surface area (Å²) in [7, 11) is 1.64. The first-order chi connectivity index (χ1) is 12.8. The van der Waals surface area contributed by atoms with E-state index in [2.05, 4.69) is 15.1 Å². The standard InChI is InChI=1S/C20H22N4O2/c1-25-18-9-7-16(8-10-18)19-23-20(26-24-19)17(6-2-3-11-21)13-15-5-4-12-22-14-15/h4-5,7-10,12-14H,2-3,6,11,21H2,1H3/b17-13+. The molecule has 0 fully saturated rings. The molecule has 0 spiro atoms. The molecule has 2 aromatic heterocycles. The van der Waals surface area contributed by atoms with Gasteiger partial charge in [-0.15, -0.1) is 0 Å². The molecule has 26 heavy (non-hydrogen) atoms. The van der Waals surface area contributed by atoms with Gasteiger partial charge in [0.1, 0.15) is 5.75 Å². The number of pyridine rings is 1. The van der Waals surface area contributed by atoms with Crippen molar-refractivity contribution in [1.82, 2.24) is 15.1 Å². The molecule has 0 aliphatic heterocycles. The topological polar surface area (TPSA) is 87.1 Å². The summed E-state index contributed by atoms with van der Waals surface area (Å²) in [5.41, 5.74) is 8.48. The molecule has 0 atom stereocenters. The van der Waals surface area contributed by atoms with E-state index in [1.54, 1.807) is 13.3 Å². The van der Waals surface area contributed by atoms with Crippen LogP contribution >= 0.6 is 0 Å². The summed E-state index contributed by atoms with van der Waals surface area (Å²) in [6.45, 7) is 0.668. The number of rotatable bonds is 8. The Morgan fingerprint density at radius 2 is 2.04 bits per heavy atom. The molecule has 2 N–H and O–H groups in total. The van der Waals surface area contributed by atoms with Gasteiger partial charge in [-0.3, -0.25) is 4.98 Å². The molecule has 2 heterocycles. The molecule has 0 aliphatic carbocycles. The summed E-state index contributed by atoms with van der Waals surface area (Å²) >= 11 is 0. The minimum atomic E-state index is 0.525. The average molecular weight is 350 g/mol. The zero-order valence-electron chi connectivity index (χ0n) is 14.8. The molecule has 0 saturated heterocycles. The molecule has 0 bridgehead atoms. The molecule has 0 saturated carbocycles. The van der Waals surface area contributed by atoms with Crippen molar-refractivity contribution in [1.29, 1.82) is 0 Å². The number of nitrogens with zero attached hydrogens (tertiary/aromatic N) is 3. The van der Waals surface area contributed by atoms with Crippen LogP contribution in [0.15, 0.2) is 53.3 Å². The summed E-state index contributed by atoms with van der Waals surface area (Å²) in [5.74, 6) is 1.87. The van der Waals surface area contributed by atoms with E-state index < -0.39 is 0 Å². The fourth-order valence-corrected chi connectivity index (χ4v) is 2.57. The van der Waals surface area contributed by atoms with Gasteiger partial charge >= 0.3 is 0 Å². The van der Waals surface area contributed by atoms with Crippen LogP contribution in [0.2, 0.25) is 0 Å². The number of methoxy groups -OCH3 is 1. The first-order valence-electron chi connectivity index (χ1n) is 8.59. The smallest absolute Gasteiger partial charge is 0.254 e. The van der Waals surface area contributed by atoms with Crippen LogP contribution in [0.3, 0.4) is 0 Å². The lowest BCUT2D eigenvalue weighted by atomic mass is 10.1. The average Bonchev–Trinajstić information content (AvgIpc) is 3.18. The molecule has 1 aromatic carbocycles. The molecule has 3 rings (SSSR count). The van der Waals surface area contributed by atoms with Crippen molar-refractivity contribution >= 4 is 11.6 Å². The SMILES string of the molecule is COc1ccc(-c2noc(/C(=C/c3cccnc3)CCCCN)n2)cc1. The van der Waals surface area contributed by atoms with E-state index in [-0.39, 0.29) is 0 Å². The Morgan fingerprint density at radius 1 is 1.19 bits per heavy atom. The van der Waals surface area contributed by atoms with Crippen LogP contribution in [0.4, 0.5) is 0 Å². The number of ether oxygens (including phenoxy) is 1. The molecule has 0 aliphatic rings. The summed E-state index contributed by atoms with van der Waals surface area (Å²) in [6.07, 6.45) is 8.32. The van der Waals surface area contributed by atoms with Crippen LogP contribution in [-0.4, -0.2) is 28.8 Å². The predicted molar refractivity (Wildman–Crippen MR) is 101 cm³/mol. The Hall–Kier alpha value is -2.99. The van der Waals surface area contributed by atoms with Gasteiger partial charge in [0.25, 0.3) is 5.89 Å². The minimum Gasteiger partial charge on any atom is -0.497 e. The number of nitrogens with two attached hydrogens (primary N) is 1. The predicted octanol–water partition coefficient (Wildman–Crippen LogP) is 3.81. The summed E-state index contributed by atoms with van der Waals surface area (Å²) < 4.78 is 10.7. The van der Waals surface area contributed by atoms with Crippen LogP contribution in [0.5, 0.6) is 5.75 Å². The summed E-state index contributed by atoms with van der Waals surface area (Å²) in [4.78, 5) is 8.73. The lowest BCUT2D eigenvalue weighted by Gasteiger charge is -2.03. The molecule has 0 radical (unpaired) electrons. The van der Waals surface area contributed by atoms with E-state index in [0.29, 0.717) is 18.3 Å². The van der Waals surface area contributed by atoms with E-state index in [0.717, 1.165) is 41.7 Å². The van der Waals surface area contributed by atoms with E-state index in [9.17, 15) is 0 Å².